The molecule has 1 aliphatic heterocycles. The molecular weight excluding hydrogens is 298 g/mol. The van der Waals surface area contributed by atoms with E-state index in [2.05, 4.69) is 39.1 Å². The van der Waals surface area contributed by atoms with Gasteiger partial charge in [-0.15, -0.1) is 0 Å². The van der Waals surface area contributed by atoms with E-state index in [9.17, 15) is 5.11 Å². The summed E-state index contributed by atoms with van der Waals surface area (Å²) in [4.78, 5) is 10.6. The number of aromatic nitrogens is 2. The fourth-order valence-corrected chi connectivity index (χ4v) is 3.70. The Bertz CT molecular complexity index is 793. The van der Waals surface area contributed by atoms with E-state index in [0.717, 1.165) is 48.5 Å². The maximum Gasteiger partial charge on any atom is 0.121 e. The molecule has 0 radical (unpaired) electrons. The molecule has 1 aromatic heterocycles. The third-order valence-corrected chi connectivity index (χ3v) is 4.88. The van der Waals surface area contributed by atoms with Crippen LogP contribution in [0.25, 0.3) is 11.0 Å². The molecule has 1 saturated heterocycles. The first-order valence-electron chi connectivity index (χ1n) is 8.65. The van der Waals surface area contributed by atoms with Crippen molar-refractivity contribution >= 4 is 11.0 Å². The molecular formula is C20H23N3O. The number of aromatic amines is 1. The summed E-state index contributed by atoms with van der Waals surface area (Å²) < 4.78 is 0. The predicted octanol–water partition coefficient (Wildman–Crippen LogP) is 3.12. The Kier molecular flexibility index (Phi) is 4.32. The second-order valence-electron chi connectivity index (χ2n) is 6.77. The average molecular weight is 321 g/mol. The molecule has 4 heteroatoms. The van der Waals surface area contributed by atoms with Gasteiger partial charge >= 0.3 is 0 Å². The van der Waals surface area contributed by atoms with Crippen molar-refractivity contribution < 1.29 is 5.11 Å². The Morgan fingerprint density at radius 2 is 2.00 bits per heavy atom. The number of benzene rings is 2. The molecule has 3 aromatic rings. The highest BCUT2D eigenvalue weighted by Crippen LogP contribution is 2.23. The van der Waals surface area contributed by atoms with Gasteiger partial charge in [0.15, 0.2) is 0 Å². The highest BCUT2D eigenvalue weighted by molar-refractivity contribution is 5.74. The van der Waals surface area contributed by atoms with Crippen molar-refractivity contribution in [1.29, 1.82) is 0 Å². The molecule has 1 aliphatic rings. The number of aliphatic hydroxyl groups is 1. The first-order valence-corrected chi connectivity index (χ1v) is 8.65. The third-order valence-electron chi connectivity index (χ3n) is 4.88. The second kappa shape index (κ2) is 6.75. The molecule has 2 N–H and O–H groups in total. The molecule has 24 heavy (non-hydrogen) atoms. The smallest absolute Gasteiger partial charge is 0.121 e. The minimum absolute atomic E-state index is 0.122. The van der Waals surface area contributed by atoms with E-state index < -0.39 is 0 Å². The topological polar surface area (TPSA) is 52.1 Å². The minimum Gasteiger partial charge on any atom is -0.392 e. The molecule has 1 atom stereocenters. The Hall–Kier alpha value is -2.17. The number of hydrogen-bond acceptors (Lipinski definition) is 3. The first kappa shape index (κ1) is 15.4. The van der Waals surface area contributed by atoms with Gasteiger partial charge in [-0.25, -0.2) is 4.98 Å². The van der Waals surface area contributed by atoms with E-state index in [1.165, 1.54) is 12.0 Å². The molecule has 124 valence electrons. The molecule has 4 rings (SSSR count). The van der Waals surface area contributed by atoms with Crippen LogP contribution >= 0.6 is 0 Å². The summed E-state index contributed by atoms with van der Waals surface area (Å²) in [5.41, 5.74) is 4.50. The number of rotatable bonds is 5. The van der Waals surface area contributed by atoms with Crippen LogP contribution in [0.4, 0.5) is 0 Å². The maximum absolute atomic E-state index is 9.27. The summed E-state index contributed by atoms with van der Waals surface area (Å²) in [7, 11) is 0. The lowest BCUT2D eigenvalue weighted by molar-refractivity contribution is 0.281. The van der Waals surface area contributed by atoms with Crippen molar-refractivity contribution in [1.82, 2.24) is 14.9 Å². The van der Waals surface area contributed by atoms with E-state index in [-0.39, 0.29) is 6.61 Å². The summed E-state index contributed by atoms with van der Waals surface area (Å²) in [5.74, 6) is 1.74. The molecule has 2 aromatic carbocycles. The number of nitrogens with zero attached hydrogens (tertiary/aromatic N) is 2. The standard InChI is InChI=1S/C20H23N3O/c24-14-17-5-3-4-15(11-17)10-16-8-9-23(12-16)13-20-21-18-6-1-2-7-19(18)22-20/h1-7,11,16,24H,8-10,12-14H2,(H,21,22)/t16-/m0/s1. The van der Waals surface area contributed by atoms with Crippen molar-refractivity contribution in [2.45, 2.75) is 26.0 Å². The molecule has 1 fully saturated rings. The Balaban J connectivity index is 1.37. The van der Waals surface area contributed by atoms with E-state index in [0.29, 0.717) is 5.92 Å². The summed E-state index contributed by atoms with van der Waals surface area (Å²) >= 11 is 0. The van der Waals surface area contributed by atoms with Crippen LogP contribution < -0.4 is 0 Å². The Morgan fingerprint density at radius 3 is 2.88 bits per heavy atom. The number of fused-ring (bicyclic) bond motifs is 1. The number of likely N-dealkylation sites (tertiary alicyclic amines) is 1. The van der Waals surface area contributed by atoms with Crippen LogP contribution in [0.3, 0.4) is 0 Å². The fourth-order valence-electron chi connectivity index (χ4n) is 3.70. The van der Waals surface area contributed by atoms with E-state index >= 15 is 0 Å². The molecule has 2 heterocycles. The van der Waals surface area contributed by atoms with Crippen molar-refractivity contribution in [2.75, 3.05) is 13.1 Å². The maximum atomic E-state index is 9.27. The zero-order valence-corrected chi connectivity index (χ0v) is 13.8. The Morgan fingerprint density at radius 1 is 1.12 bits per heavy atom. The zero-order chi connectivity index (χ0) is 16.4. The van der Waals surface area contributed by atoms with Gasteiger partial charge in [-0.05, 0) is 48.6 Å². The number of H-pyrrole nitrogens is 1. The van der Waals surface area contributed by atoms with Gasteiger partial charge in [0.1, 0.15) is 5.82 Å². The molecule has 0 amide bonds. The minimum atomic E-state index is 0.122. The number of para-hydroxylation sites is 2. The fraction of sp³-hybridized carbons (Fsp3) is 0.350. The van der Waals surface area contributed by atoms with Crippen LogP contribution in [0.2, 0.25) is 0 Å². The first-order chi connectivity index (χ1) is 11.8. The van der Waals surface area contributed by atoms with Crippen LogP contribution in [0, 0.1) is 5.92 Å². The van der Waals surface area contributed by atoms with E-state index in [4.69, 9.17) is 0 Å². The van der Waals surface area contributed by atoms with Crippen molar-refractivity contribution in [2.24, 2.45) is 5.92 Å². The lowest BCUT2D eigenvalue weighted by atomic mass is 9.97. The molecule has 0 saturated carbocycles. The summed E-state index contributed by atoms with van der Waals surface area (Å²) in [6.07, 6.45) is 2.31. The molecule has 0 aliphatic carbocycles. The van der Waals surface area contributed by atoms with Gasteiger partial charge in [-0.2, -0.15) is 0 Å². The van der Waals surface area contributed by atoms with Crippen molar-refractivity contribution in [3.8, 4) is 0 Å². The Labute approximate surface area is 142 Å². The normalized spacial score (nSPS) is 18.5. The number of nitrogens with one attached hydrogen (secondary N) is 1. The molecule has 0 spiro atoms. The van der Waals surface area contributed by atoms with Crippen LogP contribution in [0.1, 0.15) is 23.4 Å². The van der Waals surface area contributed by atoms with Crippen LogP contribution in [0.5, 0.6) is 0 Å². The summed E-state index contributed by atoms with van der Waals surface area (Å²) in [6, 6.07) is 16.5. The van der Waals surface area contributed by atoms with Gasteiger partial charge in [0, 0.05) is 6.54 Å². The molecule has 0 unspecified atom stereocenters. The summed E-state index contributed by atoms with van der Waals surface area (Å²) in [6.45, 7) is 3.25. The second-order valence-corrected chi connectivity index (χ2v) is 6.77. The van der Waals surface area contributed by atoms with E-state index in [1.54, 1.807) is 0 Å². The van der Waals surface area contributed by atoms with Crippen LogP contribution in [-0.4, -0.2) is 33.1 Å². The van der Waals surface area contributed by atoms with E-state index in [1.807, 2.05) is 24.3 Å². The largest absolute Gasteiger partial charge is 0.392 e. The third kappa shape index (κ3) is 3.35. The van der Waals surface area contributed by atoms with Crippen LogP contribution in [0.15, 0.2) is 48.5 Å². The van der Waals surface area contributed by atoms with Gasteiger partial charge in [-0.3, -0.25) is 4.90 Å². The number of imidazole rings is 1. The van der Waals surface area contributed by atoms with Gasteiger partial charge < -0.3 is 10.1 Å². The van der Waals surface area contributed by atoms with Gasteiger partial charge in [0.2, 0.25) is 0 Å². The van der Waals surface area contributed by atoms with Gasteiger partial charge in [0.25, 0.3) is 0 Å². The predicted molar refractivity (Wildman–Crippen MR) is 95.5 cm³/mol. The van der Waals surface area contributed by atoms with Crippen molar-refractivity contribution in [3.63, 3.8) is 0 Å². The SMILES string of the molecule is OCc1cccc(C[C@@H]2CCN(Cc3nc4ccccc4[nH]3)C2)c1. The molecule has 4 nitrogen and oxygen atoms in total. The highest BCUT2D eigenvalue weighted by atomic mass is 16.3. The van der Waals surface area contributed by atoms with Crippen molar-refractivity contribution in [3.05, 3.63) is 65.5 Å². The number of hydrogen-bond donors (Lipinski definition) is 2. The lowest BCUT2D eigenvalue weighted by Gasteiger charge is -2.14. The average Bonchev–Trinajstić information content (AvgIpc) is 3.21. The number of aliphatic hydroxyl groups excluding tert-OH is 1. The van der Waals surface area contributed by atoms with Gasteiger partial charge in [0.05, 0.1) is 24.2 Å². The van der Waals surface area contributed by atoms with Crippen LogP contribution in [-0.2, 0) is 19.6 Å². The lowest BCUT2D eigenvalue weighted by Crippen LogP contribution is -2.21. The highest BCUT2D eigenvalue weighted by Gasteiger charge is 2.23. The quantitative estimate of drug-likeness (QED) is 0.759. The zero-order valence-electron chi connectivity index (χ0n) is 13.8. The monoisotopic (exact) mass is 321 g/mol. The molecule has 0 bridgehead atoms. The van der Waals surface area contributed by atoms with Gasteiger partial charge in [-0.1, -0.05) is 36.4 Å². The summed E-state index contributed by atoms with van der Waals surface area (Å²) in [5, 5.41) is 9.27.